The Hall–Kier alpha value is -2.19. The zero-order valence-electron chi connectivity index (χ0n) is 14.1. The van der Waals surface area contributed by atoms with E-state index < -0.39 is 21.8 Å². The van der Waals surface area contributed by atoms with Crippen molar-refractivity contribution in [1.29, 1.82) is 0 Å². The largest absolute Gasteiger partial charge is 0.480 e. The zero-order valence-corrected chi connectivity index (χ0v) is 15.7. The lowest BCUT2D eigenvalue weighted by molar-refractivity contribution is 0.0944. The van der Waals surface area contributed by atoms with Crippen LogP contribution in [0.15, 0.2) is 29.7 Å². The highest BCUT2D eigenvalue weighted by Gasteiger charge is 2.25. The Morgan fingerprint density at radius 3 is 2.68 bits per heavy atom. The minimum Gasteiger partial charge on any atom is -0.480 e. The third kappa shape index (κ3) is 3.74. The molecule has 0 radical (unpaired) electrons. The Labute approximate surface area is 150 Å². The standard InChI is InChI=1S/C17H18N2O4S2/c1-10-8-15(24-11(10)2)14-5-4-13(17(19-14)23-3)16(20)18-12-6-7-25(21,22)9-12/h4-8,12H,9H2,1-3H3,(H,18,20)/t12-/m1/s1. The summed E-state index contributed by atoms with van der Waals surface area (Å²) in [5.74, 6) is -0.329. The molecule has 0 aliphatic carbocycles. The van der Waals surface area contributed by atoms with Crippen molar-refractivity contribution in [2.75, 3.05) is 12.9 Å². The lowest BCUT2D eigenvalue weighted by Crippen LogP contribution is -2.35. The normalized spacial score (nSPS) is 18.3. The summed E-state index contributed by atoms with van der Waals surface area (Å²) >= 11 is 1.63. The Morgan fingerprint density at radius 2 is 2.12 bits per heavy atom. The minimum atomic E-state index is -3.22. The number of aromatic nitrogens is 1. The van der Waals surface area contributed by atoms with Gasteiger partial charge in [0.1, 0.15) is 5.56 Å². The Kier molecular flexibility index (Phi) is 4.66. The minimum absolute atomic E-state index is 0.125. The lowest BCUT2D eigenvalue weighted by atomic mass is 10.2. The molecule has 0 saturated heterocycles. The van der Waals surface area contributed by atoms with Gasteiger partial charge in [0, 0.05) is 10.3 Å². The van der Waals surface area contributed by atoms with Gasteiger partial charge in [0.15, 0.2) is 9.84 Å². The van der Waals surface area contributed by atoms with Crippen molar-refractivity contribution in [3.05, 3.63) is 45.7 Å². The number of amides is 1. The molecule has 132 valence electrons. The van der Waals surface area contributed by atoms with Crippen LogP contribution in [0.2, 0.25) is 0 Å². The fourth-order valence-corrected chi connectivity index (χ4v) is 4.76. The lowest BCUT2D eigenvalue weighted by Gasteiger charge is -2.12. The smallest absolute Gasteiger partial charge is 0.257 e. The predicted molar refractivity (Wildman–Crippen MR) is 97.8 cm³/mol. The van der Waals surface area contributed by atoms with Gasteiger partial charge >= 0.3 is 0 Å². The van der Waals surface area contributed by atoms with Crippen LogP contribution in [-0.2, 0) is 9.84 Å². The summed E-state index contributed by atoms with van der Waals surface area (Å²) in [7, 11) is -1.77. The van der Waals surface area contributed by atoms with Crippen molar-refractivity contribution in [3.8, 4) is 16.5 Å². The first-order valence-corrected chi connectivity index (χ1v) is 10.2. The molecule has 0 fully saturated rings. The number of methoxy groups -OCH3 is 1. The maximum absolute atomic E-state index is 12.4. The fourth-order valence-electron chi connectivity index (χ4n) is 2.52. The van der Waals surface area contributed by atoms with E-state index in [4.69, 9.17) is 4.74 Å². The second-order valence-corrected chi connectivity index (χ2v) is 9.03. The molecule has 0 aromatic carbocycles. The first-order valence-electron chi connectivity index (χ1n) is 7.63. The summed E-state index contributed by atoms with van der Waals surface area (Å²) < 4.78 is 28.1. The third-order valence-electron chi connectivity index (χ3n) is 3.96. The molecular formula is C17H18N2O4S2. The SMILES string of the molecule is COc1nc(-c2cc(C)c(C)s2)ccc1C(=O)N[C@@H]1C=CS(=O)(=O)C1. The van der Waals surface area contributed by atoms with Crippen LogP contribution in [-0.4, -0.2) is 38.2 Å². The van der Waals surface area contributed by atoms with Gasteiger partial charge in [-0.25, -0.2) is 13.4 Å². The fraction of sp³-hybridized carbons (Fsp3) is 0.294. The molecule has 3 heterocycles. The molecule has 0 spiro atoms. The van der Waals surface area contributed by atoms with Crippen molar-refractivity contribution < 1.29 is 17.9 Å². The van der Waals surface area contributed by atoms with Crippen LogP contribution in [0.5, 0.6) is 5.88 Å². The van der Waals surface area contributed by atoms with E-state index in [0.717, 1.165) is 16.0 Å². The summed E-state index contributed by atoms with van der Waals surface area (Å²) in [6.45, 7) is 4.09. The van der Waals surface area contributed by atoms with Gasteiger partial charge in [0.25, 0.3) is 5.91 Å². The molecule has 0 unspecified atom stereocenters. The molecule has 2 aromatic rings. The van der Waals surface area contributed by atoms with Gasteiger partial charge in [-0.05, 0) is 43.7 Å². The van der Waals surface area contributed by atoms with Crippen LogP contribution < -0.4 is 10.1 Å². The molecule has 6 nitrogen and oxygen atoms in total. The number of rotatable bonds is 4. The molecule has 1 amide bonds. The molecule has 1 aliphatic heterocycles. The molecule has 8 heteroatoms. The number of nitrogens with zero attached hydrogens (tertiary/aromatic N) is 1. The van der Waals surface area contributed by atoms with Crippen LogP contribution in [0.25, 0.3) is 10.6 Å². The molecule has 25 heavy (non-hydrogen) atoms. The summed E-state index contributed by atoms with van der Waals surface area (Å²) in [5.41, 5.74) is 2.20. The number of pyridine rings is 1. The average Bonchev–Trinajstić information content (AvgIpc) is 3.08. The first kappa shape index (κ1) is 17.6. The van der Waals surface area contributed by atoms with Crippen LogP contribution in [0, 0.1) is 13.8 Å². The van der Waals surface area contributed by atoms with Crippen molar-refractivity contribution >= 4 is 27.1 Å². The topological polar surface area (TPSA) is 85.4 Å². The van der Waals surface area contributed by atoms with Crippen molar-refractivity contribution in [1.82, 2.24) is 10.3 Å². The molecular weight excluding hydrogens is 360 g/mol. The van der Waals surface area contributed by atoms with Gasteiger partial charge in [0.05, 0.1) is 29.5 Å². The van der Waals surface area contributed by atoms with E-state index in [1.807, 2.05) is 13.8 Å². The number of carbonyl (C=O) groups excluding carboxylic acids is 1. The van der Waals surface area contributed by atoms with Crippen LogP contribution >= 0.6 is 11.3 Å². The Bertz CT molecular complexity index is 942. The highest BCUT2D eigenvalue weighted by molar-refractivity contribution is 7.94. The zero-order chi connectivity index (χ0) is 18.2. The van der Waals surface area contributed by atoms with Crippen molar-refractivity contribution in [2.24, 2.45) is 0 Å². The highest BCUT2D eigenvalue weighted by atomic mass is 32.2. The van der Waals surface area contributed by atoms with Gasteiger partial charge < -0.3 is 10.1 Å². The molecule has 1 aliphatic rings. The van der Waals surface area contributed by atoms with Crippen molar-refractivity contribution in [2.45, 2.75) is 19.9 Å². The van der Waals surface area contributed by atoms with Gasteiger partial charge in [-0.2, -0.15) is 0 Å². The maximum Gasteiger partial charge on any atom is 0.257 e. The van der Waals surface area contributed by atoms with E-state index in [0.29, 0.717) is 0 Å². The van der Waals surface area contributed by atoms with Gasteiger partial charge in [-0.15, -0.1) is 11.3 Å². The van der Waals surface area contributed by atoms with Crippen LogP contribution in [0.4, 0.5) is 0 Å². The van der Waals surface area contributed by atoms with Gasteiger partial charge in [-0.3, -0.25) is 4.79 Å². The second kappa shape index (κ2) is 6.61. The van der Waals surface area contributed by atoms with Gasteiger partial charge in [-0.1, -0.05) is 0 Å². The molecule has 1 atom stereocenters. The highest BCUT2D eigenvalue weighted by Crippen LogP contribution is 2.31. The second-order valence-electron chi connectivity index (χ2n) is 5.84. The summed E-state index contributed by atoms with van der Waals surface area (Å²) in [6, 6.07) is 4.93. The number of hydrogen-bond acceptors (Lipinski definition) is 6. The number of nitrogens with one attached hydrogen (secondary N) is 1. The molecule has 1 N–H and O–H groups in total. The molecule has 2 aromatic heterocycles. The summed E-state index contributed by atoms with van der Waals surface area (Å²) in [5, 5.41) is 3.80. The number of aryl methyl sites for hydroxylation is 2. The number of hydrogen-bond donors (Lipinski definition) is 1. The van der Waals surface area contributed by atoms with E-state index in [2.05, 4.69) is 16.4 Å². The third-order valence-corrected chi connectivity index (χ3v) is 6.53. The van der Waals surface area contributed by atoms with Crippen molar-refractivity contribution in [3.63, 3.8) is 0 Å². The summed E-state index contributed by atoms with van der Waals surface area (Å²) in [6.07, 6.45) is 1.47. The number of carbonyl (C=O) groups is 1. The average molecular weight is 378 g/mol. The maximum atomic E-state index is 12.4. The first-order chi connectivity index (χ1) is 11.8. The number of sulfone groups is 1. The number of ether oxygens (including phenoxy) is 1. The molecule has 3 rings (SSSR count). The van der Waals surface area contributed by atoms with E-state index in [1.165, 1.54) is 23.6 Å². The van der Waals surface area contributed by atoms with E-state index in [9.17, 15) is 13.2 Å². The monoisotopic (exact) mass is 378 g/mol. The number of thiophene rings is 1. The van der Waals surface area contributed by atoms with E-state index in [1.54, 1.807) is 23.5 Å². The quantitative estimate of drug-likeness (QED) is 0.883. The molecule has 0 bridgehead atoms. The Balaban J connectivity index is 1.84. The predicted octanol–water partition coefficient (Wildman–Crippen LogP) is 2.48. The van der Waals surface area contributed by atoms with Crippen LogP contribution in [0.3, 0.4) is 0 Å². The van der Waals surface area contributed by atoms with E-state index in [-0.39, 0.29) is 17.2 Å². The summed E-state index contributed by atoms with van der Waals surface area (Å²) in [4.78, 5) is 19.1. The Morgan fingerprint density at radius 1 is 1.36 bits per heavy atom. The van der Waals surface area contributed by atoms with E-state index >= 15 is 0 Å². The molecule has 0 saturated carbocycles. The van der Waals surface area contributed by atoms with Crippen LogP contribution in [0.1, 0.15) is 20.8 Å². The van der Waals surface area contributed by atoms with Gasteiger partial charge in [0.2, 0.25) is 5.88 Å².